The second-order valence-corrected chi connectivity index (χ2v) is 6.18. The van der Waals surface area contributed by atoms with E-state index in [2.05, 4.69) is 22.3 Å². The third-order valence-electron chi connectivity index (χ3n) is 4.58. The predicted molar refractivity (Wildman–Crippen MR) is 96.3 cm³/mol. The lowest BCUT2D eigenvalue weighted by atomic mass is 10.0. The van der Waals surface area contributed by atoms with Crippen molar-refractivity contribution >= 4 is 17.6 Å². The molecule has 0 radical (unpaired) electrons. The van der Waals surface area contributed by atoms with Gasteiger partial charge in [0, 0.05) is 11.3 Å². The summed E-state index contributed by atoms with van der Waals surface area (Å²) in [5.41, 5.74) is 7.24. The molecule has 4 N–H and O–H groups in total. The molecule has 0 spiro atoms. The van der Waals surface area contributed by atoms with Crippen molar-refractivity contribution in [2.45, 2.75) is 6.04 Å². The Hall–Kier alpha value is -2.86. The van der Waals surface area contributed by atoms with Crippen molar-refractivity contribution in [3.05, 3.63) is 66.2 Å². The lowest BCUT2D eigenvalue weighted by molar-refractivity contribution is -0.922. The number of nitrogens with two attached hydrogens (primary N) is 1. The van der Waals surface area contributed by atoms with Crippen molar-refractivity contribution in [3.63, 3.8) is 0 Å². The fraction of sp³-hybridized carbons (Fsp3) is 0.263. The number of para-hydroxylation sites is 1. The van der Waals surface area contributed by atoms with E-state index in [9.17, 15) is 9.59 Å². The number of carbonyl (C=O) groups is 2. The summed E-state index contributed by atoms with van der Waals surface area (Å²) < 4.78 is 0. The molecule has 1 saturated heterocycles. The van der Waals surface area contributed by atoms with Gasteiger partial charge in [0.2, 0.25) is 0 Å². The fourth-order valence-corrected chi connectivity index (χ4v) is 3.39. The Kier molecular flexibility index (Phi) is 5.30. The molecule has 6 heteroatoms. The molecule has 2 aromatic rings. The molecule has 0 aliphatic carbocycles. The van der Waals surface area contributed by atoms with E-state index < -0.39 is 12.1 Å². The van der Waals surface area contributed by atoms with E-state index in [1.54, 1.807) is 0 Å². The van der Waals surface area contributed by atoms with Gasteiger partial charge in [0.25, 0.3) is 5.91 Å². The highest BCUT2D eigenvalue weighted by Gasteiger charge is 2.34. The van der Waals surface area contributed by atoms with Crippen molar-refractivity contribution in [1.29, 1.82) is 0 Å². The summed E-state index contributed by atoms with van der Waals surface area (Å²) in [6.07, 6.45) is 0. The molecular formula is C19H23N4O2+. The number of nitrogens with zero attached hydrogens (tertiary/aromatic N) is 1. The molecule has 1 aliphatic rings. The number of amides is 3. The standard InChI is InChI=1S/C19H22N4O2/c20-19(25)21-18(24)17(15-7-3-1-4-8-15)23-13-11-22(12-14-23)16-9-5-2-6-10-16/h1-10,17H,11-14H2,(H3,20,21,24,25)/p+1/t17-/m0/s1. The molecule has 1 heterocycles. The molecule has 0 saturated carbocycles. The maximum Gasteiger partial charge on any atom is 0.319 e. The van der Waals surface area contributed by atoms with Gasteiger partial charge in [-0.05, 0) is 12.1 Å². The molecule has 3 rings (SSSR count). The molecule has 130 valence electrons. The zero-order chi connectivity index (χ0) is 17.6. The van der Waals surface area contributed by atoms with E-state index in [0.29, 0.717) is 0 Å². The summed E-state index contributed by atoms with van der Waals surface area (Å²) in [7, 11) is 0. The number of benzene rings is 2. The van der Waals surface area contributed by atoms with Gasteiger partial charge in [-0.2, -0.15) is 0 Å². The first-order chi connectivity index (χ1) is 12.1. The van der Waals surface area contributed by atoms with Crippen LogP contribution in [0.25, 0.3) is 0 Å². The van der Waals surface area contributed by atoms with Crippen LogP contribution in [0.5, 0.6) is 0 Å². The lowest BCUT2D eigenvalue weighted by Gasteiger charge is -2.37. The number of carbonyl (C=O) groups excluding carboxylic acids is 2. The zero-order valence-corrected chi connectivity index (χ0v) is 14.0. The van der Waals surface area contributed by atoms with Crippen molar-refractivity contribution in [1.82, 2.24) is 5.32 Å². The van der Waals surface area contributed by atoms with Crippen LogP contribution in [-0.2, 0) is 4.79 Å². The van der Waals surface area contributed by atoms with Crippen LogP contribution in [0, 0.1) is 0 Å². The highest BCUT2D eigenvalue weighted by Crippen LogP contribution is 2.14. The van der Waals surface area contributed by atoms with Crippen LogP contribution < -0.4 is 20.9 Å². The molecule has 3 amide bonds. The maximum absolute atomic E-state index is 12.6. The van der Waals surface area contributed by atoms with Crippen LogP contribution in [0.4, 0.5) is 10.5 Å². The molecule has 1 fully saturated rings. The lowest BCUT2D eigenvalue weighted by Crippen LogP contribution is -3.16. The normalized spacial score (nSPS) is 16.2. The summed E-state index contributed by atoms with van der Waals surface area (Å²) in [6, 6.07) is 18.6. The van der Waals surface area contributed by atoms with Crippen LogP contribution in [0.1, 0.15) is 11.6 Å². The number of hydrogen-bond donors (Lipinski definition) is 3. The average Bonchev–Trinajstić information content (AvgIpc) is 2.63. The highest BCUT2D eigenvalue weighted by atomic mass is 16.2. The van der Waals surface area contributed by atoms with Crippen LogP contribution in [-0.4, -0.2) is 38.1 Å². The van der Waals surface area contributed by atoms with Crippen molar-refractivity contribution in [2.75, 3.05) is 31.1 Å². The Bertz CT molecular complexity index is 713. The van der Waals surface area contributed by atoms with Crippen molar-refractivity contribution < 1.29 is 14.5 Å². The van der Waals surface area contributed by atoms with Gasteiger partial charge < -0.3 is 15.5 Å². The highest BCUT2D eigenvalue weighted by molar-refractivity contribution is 5.96. The summed E-state index contributed by atoms with van der Waals surface area (Å²) >= 11 is 0. The van der Waals surface area contributed by atoms with Gasteiger partial charge in [0.1, 0.15) is 0 Å². The minimum Gasteiger partial charge on any atom is -0.360 e. The Morgan fingerprint density at radius 3 is 2.08 bits per heavy atom. The third kappa shape index (κ3) is 4.16. The van der Waals surface area contributed by atoms with E-state index in [-0.39, 0.29) is 5.91 Å². The van der Waals surface area contributed by atoms with Gasteiger partial charge in [-0.15, -0.1) is 0 Å². The topological polar surface area (TPSA) is 79.9 Å². The molecule has 25 heavy (non-hydrogen) atoms. The number of urea groups is 1. The van der Waals surface area contributed by atoms with E-state index in [0.717, 1.165) is 36.6 Å². The van der Waals surface area contributed by atoms with E-state index >= 15 is 0 Å². The predicted octanol–water partition coefficient (Wildman–Crippen LogP) is 0.328. The molecular weight excluding hydrogens is 316 g/mol. The van der Waals surface area contributed by atoms with E-state index in [1.165, 1.54) is 5.69 Å². The van der Waals surface area contributed by atoms with Crippen molar-refractivity contribution in [2.24, 2.45) is 5.73 Å². The molecule has 6 nitrogen and oxygen atoms in total. The fourth-order valence-electron chi connectivity index (χ4n) is 3.39. The van der Waals surface area contributed by atoms with Crippen LogP contribution >= 0.6 is 0 Å². The minimum atomic E-state index is -0.812. The quantitative estimate of drug-likeness (QED) is 0.751. The first-order valence-corrected chi connectivity index (χ1v) is 8.45. The second-order valence-electron chi connectivity index (χ2n) is 6.18. The van der Waals surface area contributed by atoms with Crippen LogP contribution in [0.2, 0.25) is 0 Å². The SMILES string of the molecule is NC(=O)NC(=O)[C@H](c1ccccc1)[NH+]1CCN(c2ccccc2)CC1. The molecule has 0 aromatic heterocycles. The first kappa shape index (κ1) is 17.0. The number of nitrogens with one attached hydrogen (secondary N) is 2. The maximum atomic E-state index is 12.6. The number of primary amides is 1. The van der Waals surface area contributed by atoms with Gasteiger partial charge in [-0.3, -0.25) is 10.1 Å². The van der Waals surface area contributed by atoms with Gasteiger partial charge in [-0.1, -0.05) is 48.5 Å². The Morgan fingerprint density at radius 2 is 1.52 bits per heavy atom. The number of quaternary nitrogens is 1. The van der Waals surface area contributed by atoms with Crippen LogP contribution in [0.15, 0.2) is 60.7 Å². The Labute approximate surface area is 147 Å². The summed E-state index contributed by atoms with van der Waals surface area (Å²) in [6.45, 7) is 3.32. The van der Waals surface area contributed by atoms with Gasteiger partial charge in [0.05, 0.1) is 26.2 Å². The van der Waals surface area contributed by atoms with E-state index in [4.69, 9.17) is 5.73 Å². The number of imide groups is 1. The number of piperazine rings is 1. The summed E-state index contributed by atoms with van der Waals surface area (Å²) in [4.78, 5) is 27.1. The Morgan fingerprint density at radius 1 is 0.960 bits per heavy atom. The zero-order valence-electron chi connectivity index (χ0n) is 14.0. The first-order valence-electron chi connectivity index (χ1n) is 8.45. The second kappa shape index (κ2) is 7.81. The molecule has 2 aromatic carbocycles. The average molecular weight is 339 g/mol. The smallest absolute Gasteiger partial charge is 0.319 e. The van der Waals surface area contributed by atoms with Gasteiger partial charge in [0.15, 0.2) is 6.04 Å². The van der Waals surface area contributed by atoms with Crippen molar-refractivity contribution in [3.8, 4) is 0 Å². The van der Waals surface area contributed by atoms with Gasteiger partial charge >= 0.3 is 6.03 Å². The Balaban J connectivity index is 1.74. The molecule has 0 bridgehead atoms. The number of anilines is 1. The summed E-state index contributed by atoms with van der Waals surface area (Å²) in [5.74, 6) is -0.345. The third-order valence-corrected chi connectivity index (χ3v) is 4.58. The molecule has 1 aliphatic heterocycles. The molecule has 0 unspecified atom stereocenters. The largest absolute Gasteiger partial charge is 0.360 e. The van der Waals surface area contributed by atoms with Gasteiger partial charge in [-0.25, -0.2) is 4.79 Å². The molecule has 1 atom stereocenters. The number of hydrogen-bond acceptors (Lipinski definition) is 3. The monoisotopic (exact) mass is 339 g/mol. The number of rotatable bonds is 4. The minimum absolute atomic E-state index is 0.345. The van der Waals surface area contributed by atoms with E-state index in [1.807, 2.05) is 48.5 Å². The summed E-state index contributed by atoms with van der Waals surface area (Å²) in [5, 5.41) is 2.25. The van der Waals surface area contributed by atoms with Crippen LogP contribution in [0.3, 0.4) is 0 Å².